The number of hydrogen-bond acceptors (Lipinski definition) is 4. The van der Waals surface area contributed by atoms with Crippen molar-refractivity contribution in [3.05, 3.63) is 51.1 Å². The summed E-state index contributed by atoms with van der Waals surface area (Å²) < 4.78 is 1.73. The molecule has 1 aromatic carbocycles. The van der Waals surface area contributed by atoms with Gasteiger partial charge in [0, 0.05) is 17.0 Å². The van der Waals surface area contributed by atoms with Gasteiger partial charge in [0.05, 0.1) is 11.3 Å². The van der Waals surface area contributed by atoms with Gasteiger partial charge in [-0.3, -0.25) is 14.2 Å². The molecule has 0 saturated heterocycles. The fourth-order valence-electron chi connectivity index (χ4n) is 3.70. The lowest BCUT2D eigenvalue weighted by Gasteiger charge is -2.13. The predicted octanol–water partition coefficient (Wildman–Crippen LogP) is 4.04. The lowest BCUT2D eigenvalue weighted by Crippen LogP contribution is -2.24. The van der Waals surface area contributed by atoms with Gasteiger partial charge in [0.25, 0.3) is 5.56 Å². The van der Waals surface area contributed by atoms with Gasteiger partial charge >= 0.3 is 5.97 Å². The SMILES string of the molecule is CCCCn1c(-c2ccccc2)nc2sc3c(c2c1=O)C(C(=O)O)CC3. The van der Waals surface area contributed by atoms with Gasteiger partial charge in [-0.2, -0.15) is 0 Å². The Labute approximate surface area is 154 Å². The van der Waals surface area contributed by atoms with Gasteiger partial charge in [-0.25, -0.2) is 4.98 Å². The average molecular weight is 368 g/mol. The van der Waals surface area contributed by atoms with Gasteiger partial charge in [0.15, 0.2) is 0 Å². The standard InChI is InChI=1S/C20H20N2O3S/c1-2-3-11-22-17(12-7-5-4-6-8-12)21-18-16(19(22)23)15-13(20(24)25)9-10-14(15)26-18/h4-8,13H,2-3,9-11H2,1H3,(H,24,25). The Morgan fingerprint density at radius 1 is 1.35 bits per heavy atom. The summed E-state index contributed by atoms with van der Waals surface area (Å²) in [5.74, 6) is -0.770. The van der Waals surface area contributed by atoms with Crippen molar-refractivity contribution >= 4 is 27.5 Å². The third-order valence-electron chi connectivity index (χ3n) is 5.00. The van der Waals surface area contributed by atoms with Crippen LogP contribution in [0.4, 0.5) is 0 Å². The molecule has 1 N–H and O–H groups in total. The van der Waals surface area contributed by atoms with Crippen LogP contribution < -0.4 is 5.56 Å². The summed E-state index contributed by atoms with van der Waals surface area (Å²) in [4.78, 5) is 31.5. The molecule has 0 spiro atoms. The molecule has 1 atom stereocenters. The molecule has 2 heterocycles. The highest BCUT2D eigenvalue weighted by Gasteiger charge is 2.34. The second kappa shape index (κ2) is 6.68. The summed E-state index contributed by atoms with van der Waals surface area (Å²) in [6.07, 6.45) is 3.13. The van der Waals surface area contributed by atoms with E-state index in [9.17, 15) is 14.7 Å². The van der Waals surface area contributed by atoms with Gasteiger partial charge in [0.1, 0.15) is 10.7 Å². The number of aliphatic carboxylic acids is 1. The number of rotatable bonds is 5. The zero-order valence-corrected chi connectivity index (χ0v) is 15.4. The van der Waals surface area contributed by atoms with Gasteiger partial charge in [-0.15, -0.1) is 11.3 Å². The smallest absolute Gasteiger partial charge is 0.311 e. The van der Waals surface area contributed by atoms with E-state index in [4.69, 9.17) is 4.98 Å². The summed E-state index contributed by atoms with van der Waals surface area (Å²) in [6, 6.07) is 9.72. The van der Waals surface area contributed by atoms with Gasteiger partial charge < -0.3 is 5.11 Å². The molecule has 1 unspecified atom stereocenters. The topological polar surface area (TPSA) is 72.2 Å². The molecular weight excluding hydrogens is 348 g/mol. The third kappa shape index (κ3) is 2.65. The van der Waals surface area contributed by atoms with Gasteiger partial charge in [0.2, 0.25) is 0 Å². The molecule has 0 radical (unpaired) electrons. The number of benzene rings is 1. The predicted molar refractivity (Wildman–Crippen MR) is 103 cm³/mol. The number of carboxylic acid groups (broad SMARTS) is 1. The van der Waals surface area contributed by atoms with E-state index in [-0.39, 0.29) is 5.56 Å². The number of unbranched alkanes of at least 4 members (excludes halogenated alkanes) is 1. The maximum absolute atomic E-state index is 13.4. The minimum atomic E-state index is -0.852. The molecule has 6 heteroatoms. The first-order valence-electron chi connectivity index (χ1n) is 8.96. The van der Waals surface area contributed by atoms with E-state index in [1.54, 1.807) is 4.57 Å². The number of thiophene rings is 1. The number of fused-ring (bicyclic) bond motifs is 3. The molecule has 0 saturated carbocycles. The summed E-state index contributed by atoms with van der Waals surface area (Å²) >= 11 is 1.48. The zero-order valence-electron chi connectivity index (χ0n) is 14.6. The molecule has 5 nitrogen and oxygen atoms in total. The van der Waals surface area contributed by atoms with Crippen LogP contribution in [0.2, 0.25) is 0 Å². The van der Waals surface area contributed by atoms with Gasteiger partial charge in [-0.1, -0.05) is 43.7 Å². The van der Waals surface area contributed by atoms with E-state index in [1.165, 1.54) is 11.3 Å². The Kier molecular flexibility index (Phi) is 4.36. The summed E-state index contributed by atoms with van der Waals surface area (Å²) in [6.45, 7) is 2.67. The molecule has 134 valence electrons. The van der Waals surface area contributed by atoms with Crippen molar-refractivity contribution in [1.29, 1.82) is 0 Å². The van der Waals surface area contributed by atoms with Crippen LogP contribution in [0.15, 0.2) is 35.1 Å². The maximum Gasteiger partial charge on any atom is 0.311 e. The van der Waals surface area contributed by atoms with Crippen molar-refractivity contribution in [1.82, 2.24) is 9.55 Å². The van der Waals surface area contributed by atoms with Crippen LogP contribution in [0.5, 0.6) is 0 Å². The Morgan fingerprint density at radius 3 is 2.81 bits per heavy atom. The molecule has 0 amide bonds. The van der Waals surface area contributed by atoms with E-state index in [0.29, 0.717) is 41.0 Å². The Balaban J connectivity index is 2.00. The molecule has 1 aliphatic carbocycles. The van der Waals surface area contributed by atoms with E-state index >= 15 is 0 Å². The van der Waals surface area contributed by atoms with Crippen molar-refractivity contribution < 1.29 is 9.90 Å². The van der Waals surface area contributed by atoms with Crippen molar-refractivity contribution in [2.24, 2.45) is 0 Å². The highest BCUT2D eigenvalue weighted by Crippen LogP contribution is 2.42. The number of hydrogen-bond donors (Lipinski definition) is 1. The molecule has 0 aliphatic heterocycles. The first-order chi connectivity index (χ1) is 12.6. The molecule has 26 heavy (non-hydrogen) atoms. The Bertz CT molecular complexity index is 1040. The van der Waals surface area contributed by atoms with Gasteiger partial charge in [-0.05, 0) is 24.8 Å². The number of carboxylic acids is 1. The first-order valence-corrected chi connectivity index (χ1v) is 9.77. The number of aromatic nitrogens is 2. The highest BCUT2D eigenvalue weighted by atomic mass is 32.1. The third-order valence-corrected chi connectivity index (χ3v) is 6.16. The average Bonchev–Trinajstić information content (AvgIpc) is 3.20. The lowest BCUT2D eigenvalue weighted by atomic mass is 10.0. The van der Waals surface area contributed by atoms with E-state index in [1.807, 2.05) is 30.3 Å². The van der Waals surface area contributed by atoms with Crippen LogP contribution >= 0.6 is 11.3 Å². The first kappa shape index (κ1) is 17.0. The molecule has 0 fully saturated rings. The van der Waals surface area contributed by atoms with E-state index < -0.39 is 11.9 Å². The number of carbonyl (C=O) groups is 1. The number of nitrogens with zero attached hydrogens (tertiary/aromatic N) is 2. The molecule has 0 bridgehead atoms. The van der Waals surface area contributed by atoms with E-state index in [2.05, 4.69) is 6.92 Å². The van der Waals surface area contributed by atoms with Crippen LogP contribution in [0.25, 0.3) is 21.6 Å². The summed E-state index contributed by atoms with van der Waals surface area (Å²) in [5, 5.41) is 10.1. The largest absolute Gasteiger partial charge is 0.481 e. The maximum atomic E-state index is 13.4. The van der Waals surface area contributed by atoms with Crippen LogP contribution in [-0.2, 0) is 17.8 Å². The number of aryl methyl sites for hydroxylation is 1. The molecular formula is C20H20N2O3S. The van der Waals surface area contributed by atoms with Crippen LogP contribution in [0.1, 0.15) is 42.5 Å². The normalized spacial score (nSPS) is 16.1. The van der Waals surface area contributed by atoms with Crippen LogP contribution in [0.3, 0.4) is 0 Å². The zero-order chi connectivity index (χ0) is 18.3. The fraction of sp³-hybridized carbons (Fsp3) is 0.350. The van der Waals surface area contributed by atoms with Crippen LogP contribution in [-0.4, -0.2) is 20.6 Å². The van der Waals surface area contributed by atoms with Crippen molar-refractivity contribution in [2.75, 3.05) is 0 Å². The van der Waals surface area contributed by atoms with Crippen molar-refractivity contribution in [3.63, 3.8) is 0 Å². The quantitative estimate of drug-likeness (QED) is 0.738. The molecule has 4 rings (SSSR count). The highest BCUT2D eigenvalue weighted by molar-refractivity contribution is 7.18. The van der Waals surface area contributed by atoms with Crippen molar-refractivity contribution in [2.45, 2.75) is 45.1 Å². The summed E-state index contributed by atoms with van der Waals surface area (Å²) in [7, 11) is 0. The molecule has 2 aromatic heterocycles. The molecule has 1 aliphatic rings. The second-order valence-corrected chi connectivity index (χ2v) is 7.74. The minimum absolute atomic E-state index is 0.104. The Hall–Kier alpha value is -2.47. The Morgan fingerprint density at radius 2 is 2.12 bits per heavy atom. The molecule has 3 aromatic rings. The van der Waals surface area contributed by atoms with Crippen LogP contribution in [0, 0.1) is 0 Å². The summed E-state index contributed by atoms with van der Waals surface area (Å²) in [5.41, 5.74) is 1.51. The lowest BCUT2D eigenvalue weighted by molar-refractivity contribution is -0.138. The fourth-order valence-corrected chi connectivity index (χ4v) is 4.94. The monoisotopic (exact) mass is 368 g/mol. The minimum Gasteiger partial charge on any atom is -0.481 e. The second-order valence-electron chi connectivity index (χ2n) is 6.66. The van der Waals surface area contributed by atoms with Crippen molar-refractivity contribution in [3.8, 4) is 11.4 Å². The van der Waals surface area contributed by atoms with E-state index in [0.717, 1.165) is 23.3 Å².